The summed E-state index contributed by atoms with van der Waals surface area (Å²) in [7, 11) is 1.39. The van der Waals surface area contributed by atoms with E-state index in [4.69, 9.17) is 4.74 Å². The molecule has 0 aliphatic heterocycles. The Hall–Kier alpha value is -2.41. The molecule has 1 unspecified atom stereocenters. The molecule has 0 saturated heterocycles. The molecule has 1 aromatic heterocycles. The molecule has 1 amide bonds. The number of rotatable bonds is 5. The van der Waals surface area contributed by atoms with Crippen LogP contribution in [0.4, 0.5) is 4.79 Å². The van der Waals surface area contributed by atoms with Gasteiger partial charge in [0.25, 0.3) is 0 Å². The number of ether oxygens (including phenoxy) is 1. The monoisotopic (exact) mass is 320 g/mol. The van der Waals surface area contributed by atoms with Crippen molar-refractivity contribution < 1.29 is 19.4 Å². The number of nitrogens with zero attached hydrogens (tertiary/aromatic N) is 2. The van der Waals surface area contributed by atoms with Crippen molar-refractivity contribution in [1.82, 2.24) is 9.88 Å². The molecule has 116 valence electrons. The molecule has 1 atom stereocenters. The van der Waals surface area contributed by atoms with Crippen molar-refractivity contribution in [2.24, 2.45) is 0 Å². The van der Waals surface area contributed by atoms with Gasteiger partial charge in [0.1, 0.15) is 11.6 Å². The number of carboxylic acids is 1. The normalized spacial score (nSPS) is 11.7. The summed E-state index contributed by atoms with van der Waals surface area (Å²) < 4.78 is 5.15. The van der Waals surface area contributed by atoms with Crippen LogP contribution in [0.2, 0.25) is 0 Å². The zero-order valence-electron chi connectivity index (χ0n) is 12.2. The first kappa shape index (κ1) is 16.0. The molecular weight excluding hydrogens is 304 g/mol. The fraction of sp³-hybridized carbons (Fsp3) is 0.267. The van der Waals surface area contributed by atoms with E-state index in [1.807, 2.05) is 30.3 Å². The van der Waals surface area contributed by atoms with Gasteiger partial charge >= 0.3 is 12.1 Å². The lowest BCUT2D eigenvalue weighted by molar-refractivity contribution is -0.142. The number of likely N-dealkylation sites (N-methyl/N-ethyl adjacent to an activating group) is 1. The topological polar surface area (TPSA) is 79.7 Å². The number of benzene rings is 1. The number of aryl methyl sites for hydroxylation is 1. The number of aliphatic carboxylic acids is 1. The maximum atomic E-state index is 12.1. The first-order valence-electron chi connectivity index (χ1n) is 6.57. The molecule has 0 aliphatic carbocycles. The van der Waals surface area contributed by atoms with Crippen molar-refractivity contribution >= 4 is 23.4 Å². The highest BCUT2D eigenvalue weighted by atomic mass is 32.1. The van der Waals surface area contributed by atoms with Crippen molar-refractivity contribution in [2.75, 3.05) is 7.05 Å². The van der Waals surface area contributed by atoms with Gasteiger partial charge in [0.05, 0.1) is 0 Å². The molecule has 22 heavy (non-hydrogen) atoms. The molecule has 1 heterocycles. The number of aromatic nitrogens is 1. The largest absolute Gasteiger partial charge is 0.479 e. The highest BCUT2D eigenvalue weighted by Crippen LogP contribution is 2.24. The second-order valence-electron chi connectivity index (χ2n) is 4.72. The van der Waals surface area contributed by atoms with Gasteiger partial charge in [0.15, 0.2) is 6.04 Å². The fourth-order valence-electron chi connectivity index (χ4n) is 1.86. The van der Waals surface area contributed by atoms with Gasteiger partial charge in [-0.3, -0.25) is 4.90 Å². The summed E-state index contributed by atoms with van der Waals surface area (Å²) in [5.41, 5.74) is 1.55. The van der Waals surface area contributed by atoms with Crippen molar-refractivity contribution in [3.8, 4) is 0 Å². The van der Waals surface area contributed by atoms with Crippen LogP contribution in [-0.2, 0) is 16.1 Å². The second-order valence-corrected chi connectivity index (χ2v) is 5.61. The van der Waals surface area contributed by atoms with Gasteiger partial charge in [-0.05, 0) is 12.5 Å². The van der Waals surface area contributed by atoms with E-state index in [-0.39, 0.29) is 6.61 Å². The molecular formula is C15H16N2O4S. The standard InChI is InChI=1S/C15H16N2O4S/c1-10-9-22-13(16-10)12(14(18)19)17(2)15(20)21-8-11-6-4-3-5-7-11/h3-7,9,12H,8H2,1-2H3,(H,18,19). The lowest BCUT2D eigenvalue weighted by Crippen LogP contribution is -2.36. The second kappa shape index (κ2) is 7.04. The molecule has 0 aliphatic rings. The predicted molar refractivity (Wildman–Crippen MR) is 81.6 cm³/mol. The fourth-order valence-corrected chi connectivity index (χ4v) is 2.79. The zero-order valence-corrected chi connectivity index (χ0v) is 13.0. The third-order valence-corrected chi connectivity index (χ3v) is 4.00. The Bertz CT molecular complexity index is 657. The molecule has 0 fully saturated rings. The first-order chi connectivity index (χ1) is 10.5. The van der Waals surface area contributed by atoms with E-state index in [0.717, 1.165) is 16.2 Å². The summed E-state index contributed by atoms with van der Waals surface area (Å²) in [6.07, 6.45) is -0.705. The summed E-state index contributed by atoms with van der Waals surface area (Å²) in [6.45, 7) is 1.86. The van der Waals surface area contributed by atoms with Crippen molar-refractivity contribution in [3.05, 3.63) is 52.0 Å². The minimum absolute atomic E-state index is 0.0905. The summed E-state index contributed by atoms with van der Waals surface area (Å²) in [5, 5.41) is 11.5. The Morgan fingerprint density at radius 1 is 1.36 bits per heavy atom. The van der Waals surface area contributed by atoms with Gasteiger partial charge in [-0.2, -0.15) is 0 Å². The number of hydrogen-bond acceptors (Lipinski definition) is 5. The number of thiazole rings is 1. The number of carbonyl (C=O) groups is 2. The Kier molecular flexibility index (Phi) is 5.11. The molecule has 0 bridgehead atoms. The first-order valence-corrected chi connectivity index (χ1v) is 7.45. The maximum Gasteiger partial charge on any atom is 0.410 e. The number of carbonyl (C=O) groups excluding carboxylic acids is 1. The number of amides is 1. The van der Waals surface area contributed by atoms with Crippen LogP contribution in [0.25, 0.3) is 0 Å². The third kappa shape index (κ3) is 3.82. The van der Waals surface area contributed by atoms with E-state index in [1.54, 1.807) is 12.3 Å². The molecule has 1 N–H and O–H groups in total. The van der Waals surface area contributed by atoms with E-state index in [0.29, 0.717) is 5.01 Å². The lowest BCUT2D eigenvalue weighted by atomic mass is 10.2. The van der Waals surface area contributed by atoms with Gasteiger partial charge in [-0.1, -0.05) is 30.3 Å². The smallest absolute Gasteiger partial charge is 0.410 e. The predicted octanol–water partition coefficient (Wildman–Crippen LogP) is 2.85. The molecule has 7 heteroatoms. The van der Waals surface area contributed by atoms with Gasteiger partial charge in [0.2, 0.25) is 0 Å². The Morgan fingerprint density at radius 2 is 2.05 bits per heavy atom. The van der Waals surface area contributed by atoms with Crippen LogP contribution in [-0.4, -0.2) is 34.1 Å². The number of carboxylic acid groups (broad SMARTS) is 1. The quantitative estimate of drug-likeness (QED) is 0.916. The summed E-state index contributed by atoms with van der Waals surface area (Å²) in [6, 6.07) is 8.04. The molecule has 2 aromatic rings. The van der Waals surface area contributed by atoms with Gasteiger partial charge in [-0.25, -0.2) is 14.6 Å². The molecule has 0 spiro atoms. The number of hydrogen-bond donors (Lipinski definition) is 1. The Labute approximate surface area is 132 Å². The SMILES string of the molecule is Cc1csc(C(C(=O)O)N(C)C(=O)OCc2ccccc2)n1. The third-order valence-electron chi connectivity index (χ3n) is 2.99. The Morgan fingerprint density at radius 3 is 2.59 bits per heavy atom. The van der Waals surface area contributed by atoms with Gasteiger partial charge in [0, 0.05) is 18.1 Å². The molecule has 2 rings (SSSR count). The van der Waals surface area contributed by atoms with E-state index in [2.05, 4.69) is 4.98 Å². The van der Waals surface area contributed by atoms with Crippen molar-refractivity contribution in [2.45, 2.75) is 19.6 Å². The van der Waals surface area contributed by atoms with Gasteiger partial charge < -0.3 is 9.84 Å². The van der Waals surface area contributed by atoms with E-state index in [9.17, 15) is 14.7 Å². The maximum absolute atomic E-state index is 12.1. The van der Waals surface area contributed by atoms with E-state index >= 15 is 0 Å². The van der Waals surface area contributed by atoms with Crippen LogP contribution in [0.5, 0.6) is 0 Å². The average molecular weight is 320 g/mol. The summed E-state index contributed by atoms with van der Waals surface area (Å²) in [5.74, 6) is -1.14. The minimum Gasteiger partial charge on any atom is -0.479 e. The summed E-state index contributed by atoms with van der Waals surface area (Å²) >= 11 is 1.20. The molecule has 0 saturated carbocycles. The van der Waals surface area contributed by atoms with Crippen LogP contribution in [0, 0.1) is 6.92 Å². The van der Waals surface area contributed by atoms with Crippen LogP contribution < -0.4 is 0 Å². The van der Waals surface area contributed by atoms with E-state index < -0.39 is 18.1 Å². The van der Waals surface area contributed by atoms with Crippen molar-refractivity contribution in [3.63, 3.8) is 0 Å². The highest BCUT2D eigenvalue weighted by Gasteiger charge is 2.31. The van der Waals surface area contributed by atoms with Crippen LogP contribution >= 0.6 is 11.3 Å². The Balaban J connectivity index is 2.05. The van der Waals surface area contributed by atoms with E-state index in [1.165, 1.54) is 18.4 Å². The lowest BCUT2D eigenvalue weighted by Gasteiger charge is -2.22. The van der Waals surface area contributed by atoms with Gasteiger partial charge in [-0.15, -0.1) is 11.3 Å². The van der Waals surface area contributed by atoms with Crippen LogP contribution in [0.15, 0.2) is 35.7 Å². The summed E-state index contributed by atoms with van der Waals surface area (Å²) in [4.78, 5) is 28.7. The van der Waals surface area contributed by atoms with Crippen molar-refractivity contribution in [1.29, 1.82) is 0 Å². The molecule has 0 radical (unpaired) electrons. The highest BCUT2D eigenvalue weighted by molar-refractivity contribution is 7.09. The van der Waals surface area contributed by atoms with Crippen LogP contribution in [0.3, 0.4) is 0 Å². The van der Waals surface area contributed by atoms with Crippen LogP contribution in [0.1, 0.15) is 22.3 Å². The zero-order chi connectivity index (χ0) is 16.1. The minimum atomic E-state index is -1.15. The average Bonchev–Trinajstić information content (AvgIpc) is 2.91. The molecule has 1 aromatic carbocycles. The molecule has 6 nitrogen and oxygen atoms in total.